The molecule has 1 amide bonds. The summed E-state index contributed by atoms with van der Waals surface area (Å²) in [5.74, 6) is -0.120. The number of furan rings is 1. The number of hydrogen-bond acceptors (Lipinski definition) is 7. The number of hydrogen-bond donors (Lipinski definition) is 1. The Morgan fingerprint density at radius 3 is 2.35 bits per heavy atom. The number of esters is 1. The molecule has 0 spiro atoms. The Hall–Kier alpha value is -4.70. The number of hydrazone groups is 1. The third kappa shape index (κ3) is 6.65. The van der Waals surface area contributed by atoms with Crippen LogP contribution in [0, 0.1) is 13.8 Å². The Labute approximate surface area is 233 Å². The number of carbonyl (C=O) groups is 2. The number of rotatable bonds is 10. The van der Waals surface area contributed by atoms with Gasteiger partial charge < -0.3 is 9.15 Å². The van der Waals surface area contributed by atoms with Crippen LogP contribution in [0.5, 0.6) is 0 Å². The standard InChI is InChI=1S/C30H29N3O6S/c1-4-38-30(35)24-13-11-23(12-14-24)28-17-16-26(39-28)19-31-32-29(34)20-33(25-15-10-21(2)22(3)18-25)40(36,37)27-8-6-5-7-9-27/h5-19H,4,20H2,1-3H3,(H,32,34)/b31-19+. The number of nitrogens with one attached hydrogen (secondary N) is 1. The largest absolute Gasteiger partial charge is 0.462 e. The summed E-state index contributed by atoms with van der Waals surface area (Å²) in [6.45, 7) is 5.37. The molecule has 1 heterocycles. The summed E-state index contributed by atoms with van der Waals surface area (Å²) in [6, 6.07) is 23.3. The van der Waals surface area contributed by atoms with E-state index in [9.17, 15) is 18.0 Å². The molecule has 0 saturated heterocycles. The zero-order valence-electron chi connectivity index (χ0n) is 22.3. The highest BCUT2D eigenvalue weighted by atomic mass is 32.2. The van der Waals surface area contributed by atoms with E-state index in [1.807, 2.05) is 19.9 Å². The second-order valence-corrected chi connectivity index (χ2v) is 10.7. The third-order valence-corrected chi connectivity index (χ3v) is 7.87. The summed E-state index contributed by atoms with van der Waals surface area (Å²) in [4.78, 5) is 24.7. The van der Waals surface area contributed by atoms with Crippen molar-refractivity contribution in [1.29, 1.82) is 0 Å². The molecule has 10 heteroatoms. The zero-order chi connectivity index (χ0) is 28.7. The van der Waals surface area contributed by atoms with E-state index in [0.717, 1.165) is 21.0 Å². The van der Waals surface area contributed by atoms with Crippen LogP contribution in [0.2, 0.25) is 0 Å². The van der Waals surface area contributed by atoms with Crippen molar-refractivity contribution < 1.29 is 27.2 Å². The summed E-state index contributed by atoms with van der Waals surface area (Å²) < 4.78 is 38.7. The predicted octanol–water partition coefficient (Wildman–Crippen LogP) is 5.09. The molecule has 0 radical (unpaired) electrons. The van der Waals surface area contributed by atoms with E-state index in [1.165, 1.54) is 18.3 Å². The van der Waals surface area contributed by atoms with Gasteiger partial charge in [0.15, 0.2) is 0 Å². The van der Waals surface area contributed by atoms with Gasteiger partial charge in [0.1, 0.15) is 18.1 Å². The van der Waals surface area contributed by atoms with Gasteiger partial charge in [-0.25, -0.2) is 18.6 Å². The molecule has 0 aliphatic carbocycles. The van der Waals surface area contributed by atoms with Gasteiger partial charge >= 0.3 is 5.97 Å². The molecule has 4 rings (SSSR count). The van der Waals surface area contributed by atoms with Gasteiger partial charge in [-0.15, -0.1) is 0 Å². The first-order chi connectivity index (χ1) is 19.2. The number of sulfonamides is 1. The number of carbonyl (C=O) groups excluding carboxylic acids is 2. The van der Waals surface area contributed by atoms with Crippen LogP contribution in [0.1, 0.15) is 34.2 Å². The van der Waals surface area contributed by atoms with Crippen LogP contribution >= 0.6 is 0 Å². The Kier molecular flexibility index (Phi) is 8.80. The molecule has 0 atom stereocenters. The van der Waals surface area contributed by atoms with Gasteiger partial charge in [0, 0.05) is 5.56 Å². The van der Waals surface area contributed by atoms with Gasteiger partial charge in [0.25, 0.3) is 15.9 Å². The lowest BCUT2D eigenvalue weighted by Gasteiger charge is -2.24. The molecule has 1 N–H and O–H groups in total. The highest BCUT2D eigenvalue weighted by Crippen LogP contribution is 2.26. The van der Waals surface area contributed by atoms with Crippen molar-refractivity contribution in [1.82, 2.24) is 5.43 Å². The van der Waals surface area contributed by atoms with E-state index in [1.54, 1.807) is 73.7 Å². The van der Waals surface area contributed by atoms with E-state index in [-0.39, 0.29) is 4.90 Å². The van der Waals surface area contributed by atoms with Crippen LogP contribution in [0.4, 0.5) is 5.69 Å². The van der Waals surface area contributed by atoms with Crippen LogP contribution in [-0.4, -0.2) is 39.7 Å². The fourth-order valence-corrected chi connectivity index (χ4v) is 5.25. The van der Waals surface area contributed by atoms with E-state index < -0.39 is 28.4 Å². The second-order valence-electron chi connectivity index (χ2n) is 8.89. The summed E-state index contributed by atoms with van der Waals surface area (Å²) >= 11 is 0. The molecular weight excluding hydrogens is 530 g/mol. The molecule has 0 aliphatic heterocycles. The Balaban J connectivity index is 1.46. The van der Waals surface area contributed by atoms with Crippen molar-refractivity contribution >= 4 is 33.8 Å². The minimum atomic E-state index is -4.02. The highest BCUT2D eigenvalue weighted by molar-refractivity contribution is 7.92. The first kappa shape index (κ1) is 28.3. The molecule has 1 aromatic heterocycles. The smallest absolute Gasteiger partial charge is 0.338 e. The van der Waals surface area contributed by atoms with Gasteiger partial charge in [-0.3, -0.25) is 9.10 Å². The molecule has 4 aromatic rings. The molecule has 0 aliphatic rings. The molecule has 9 nitrogen and oxygen atoms in total. The maximum atomic E-state index is 13.5. The lowest BCUT2D eigenvalue weighted by molar-refractivity contribution is -0.119. The second kappa shape index (κ2) is 12.4. The maximum absolute atomic E-state index is 13.5. The van der Waals surface area contributed by atoms with Crippen molar-refractivity contribution in [3.8, 4) is 11.3 Å². The predicted molar refractivity (Wildman–Crippen MR) is 153 cm³/mol. The van der Waals surface area contributed by atoms with E-state index >= 15 is 0 Å². The van der Waals surface area contributed by atoms with Gasteiger partial charge in [-0.2, -0.15) is 5.10 Å². The van der Waals surface area contributed by atoms with Crippen LogP contribution < -0.4 is 9.73 Å². The fourth-order valence-electron chi connectivity index (χ4n) is 3.81. The van der Waals surface area contributed by atoms with Gasteiger partial charge in [-0.1, -0.05) is 36.4 Å². The van der Waals surface area contributed by atoms with Crippen molar-refractivity contribution in [2.24, 2.45) is 5.10 Å². The number of aryl methyl sites for hydroxylation is 2. The SMILES string of the molecule is CCOC(=O)c1ccc(-c2ccc(/C=N/NC(=O)CN(c3ccc(C)c(C)c3)S(=O)(=O)c3ccccc3)o2)cc1. The average molecular weight is 560 g/mol. The van der Waals surface area contributed by atoms with Crippen molar-refractivity contribution in [2.75, 3.05) is 17.5 Å². The van der Waals surface area contributed by atoms with Crippen LogP contribution in [0.3, 0.4) is 0 Å². The number of anilines is 1. The normalized spacial score (nSPS) is 11.4. The van der Waals surface area contributed by atoms with Crippen molar-refractivity contribution in [3.05, 3.63) is 107 Å². The minimum absolute atomic E-state index is 0.0722. The van der Waals surface area contributed by atoms with Crippen LogP contribution in [0.15, 0.2) is 99.3 Å². The summed E-state index contributed by atoms with van der Waals surface area (Å²) in [6.07, 6.45) is 1.32. The van der Waals surface area contributed by atoms with Gasteiger partial charge in [0.05, 0.1) is 29.0 Å². The minimum Gasteiger partial charge on any atom is -0.462 e. The fraction of sp³-hybridized carbons (Fsp3) is 0.167. The number of benzene rings is 3. The third-order valence-electron chi connectivity index (χ3n) is 6.09. The van der Waals surface area contributed by atoms with Crippen LogP contribution in [-0.2, 0) is 19.6 Å². The number of amides is 1. The molecule has 3 aromatic carbocycles. The average Bonchev–Trinajstić information content (AvgIpc) is 3.43. The number of nitrogens with zero attached hydrogens (tertiary/aromatic N) is 2. The van der Waals surface area contributed by atoms with Crippen molar-refractivity contribution in [3.63, 3.8) is 0 Å². The van der Waals surface area contributed by atoms with E-state index in [2.05, 4.69) is 10.5 Å². The lowest BCUT2D eigenvalue weighted by Crippen LogP contribution is -2.39. The quantitative estimate of drug-likeness (QED) is 0.164. The summed E-state index contributed by atoms with van der Waals surface area (Å²) in [5.41, 5.74) is 5.82. The first-order valence-electron chi connectivity index (χ1n) is 12.5. The highest BCUT2D eigenvalue weighted by Gasteiger charge is 2.27. The Bertz CT molecular complexity index is 1630. The topological polar surface area (TPSA) is 118 Å². The summed E-state index contributed by atoms with van der Waals surface area (Å²) in [7, 11) is -4.02. The molecule has 206 valence electrons. The van der Waals surface area contributed by atoms with E-state index in [0.29, 0.717) is 29.4 Å². The maximum Gasteiger partial charge on any atom is 0.338 e. The first-order valence-corrected chi connectivity index (χ1v) is 14.0. The molecular formula is C30H29N3O6S. The van der Waals surface area contributed by atoms with Crippen LogP contribution in [0.25, 0.3) is 11.3 Å². The Morgan fingerprint density at radius 2 is 1.68 bits per heavy atom. The number of ether oxygens (including phenoxy) is 1. The van der Waals surface area contributed by atoms with E-state index in [4.69, 9.17) is 9.15 Å². The molecule has 0 bridgehead atoms. The zero-order valence-corrected chi connectivity index (χ0v) is 23.1. The van der Waals surface area contributed by atoms with Gasteiger partial charge in [-0.05, 0) is 80.4 Å². The molecule has 0 saturated carbocycles. The van der Waals surface area contributed by atoms with Crippen molar-refractivity contribution in [2.45, 2.75) is 25.7 Å². The molecule has 40 heavy (non-hydrogen) atoms. The monoisotopic (exact) mass is 559 g/mol. The lowest BCUT2D eigenvalue weighted by atomic mass is 10.1. The Morgan fingerprint density at radius 1 is 0.950 bits per heavy atom. The van der Waals surface area contributed by atoms with Gasteiger partial charge in [0.2, 0.25) is 0 Å². The molecule has 0 unspecified atom stereocenters. The molecule has 0 fully saturated rings. The summed E-state index contributed by atoms with van der Waals surface area (Å²) in [5, 5.41) is 3.94.